The van der Waals surface area contributed by atoms with E-state index in [-0.39, 0.29) is 30.8 Å². The van der Waals surface area contributed by atoms with Crippen LogP contribution in [0, 0.1) is 5.41 Å². The zero-order chi connectivity index (χ0) is 21.9. The molecule has 2 heterocycles. The van der Waals surface area contributed by atoms with Crippen LogP contribution in [0.1, 0.15) is 37.2 Å². The molecule has 0 aliphatic carbocycles. The first kappa shape index (κ1) is 27.9. The van der Waals surface area contributed by atoms with Gasteiger partial charge in [0.05, 0.1) is 18.3 Å². The number of halogens is 2. The molecule has 178 valence electrons. The number of nitrogens with two attached hydrogens (primary N) is 1. The van der Waals surface area contributed by atoms with Crippen molar-refractivity contribution in [2.75, 3.05) is 25.5 Å². The van der Waals surface area contributed by atoms with Crippen molar-refractivity contribution in [3.8, 4) is 5.75 Å². The number of nitrogens with zero attached hydrogens (tertiary/aromatic N) is 3. The van der Waals surface area contributed by atoms with E-state index in [1.54, 1.807) is 13.3 Å². The molecule has 3 aromatic rings. The standard InChI is InChI=1S/C23H29N7O.2ClH/c1-31-18-10-11-20-19(16-18)22(27-14-5-2-3-6-15-28-23(24)25)30-21(29-20)12-9-17-8-4-7-13-26-17;;/h4,7-13,16H,2-3,5-6,14-15H2,1H3,(H4,24,25,28)(H,27,29,30);2*1H. The Labute approximate surface area is 206 Å². The van der Waals surface area contributed by atoms with Crippen molar-refractivity contribution in [3.63, 3.8) is 0 Å². The van der Waals surface area contributed by atoms with Crippen molar-refractivity contribution < 1.29 is 4.74 Å². The number of pyridine rings is 1. The molecule has 0 aliphatic rings. The van der Waals surface area contributed by atoms with Crippen LogP contribution in [0.3, 0.4) is 0 Å². The number of fused-ring (bicyclic) bond motifs is 1. The highest BCUT2D eigenvalue weighted by Crippen LogP contribution is 2.25. The molecular formula is C23H31Cl2N7O. The fourth-order valence-electron chi connectivity index (χ4n) is 3.13. The first-order chi connectivity index (χ1) is 15.2. The summed E-state index contributed by atoms with van der Waals surface area (Å²) in [7, 11) is 1.65. The Bertz CT molecular complexity index is 1030. The maximum Gasteiger partial charge on any atom is 0.185 e. The molecule has 0 atom stereocenters. The van der Waals surface area contributed by atoms with Gasteiger partial charge in [-0.1, -0.05) is 18.9 Å². The Morgan fingerprint density at radius 1 is 1.03 bits per heavy atom. The highest BCUT2D eigenvalue weighted by Gasteiger charge is 2.08. The van der Waals surface area contributed by atoms with Gasteiger partial charge < -0.3 is 21.1 Å². The number of nitrogens with one attached hydrogen (secondary N) is 3. The molecule has 0 aliphatic heterocycles. The number of anilines is 1. The van der Waals surface area contributed by atoms with E-state index in [4.69, 9.17) is 20.9 Å². The summed E-state index contributed by atoms with van der Waals surface area (Å²) in [4.78, 5) is 13.7. The highest BCUT2D eigenvalue weighted by molar-refractivity contribution is 5.91. The first-order valence-corrected chi connectivity index (χ1v) is 10.4. The van der Waals surface area contributed by atoms with Crippen LogP contribution in [0.5, 0.6) is 5.75 Å². The molecule has 3 rings (SSSR count). The third kappa shape index (κ3) is 9.11. The Hall–Kier alpha value is -3.10. The van der Waals surface area contributed by atoms with Gasteiger partial charge >= 0.3 is 0 Å². The molecular weight excluding hydrogens is 461 g/mol. The molecule has 0 unspecified atom stereocenters. The number of ether oxygens (including phenoxy) is 1. The van der Waals surface area contributed by atoms with Crippen molar-refractivity contribution in [1.29, 1.82) is 5.41 Å². The minimum atomic E-state index is 0. The molecule has 33 heavy (non-hydrogen) atoms. The molecule has 0 saturated heterocycles. The summed E-state index contributed by atoms with van der Waals surface area (Å²) in [5, 5.41) is 14.4. The molecule has 0 radical (unpaired) electrons. The van der Waals surface area contributed by atoms with Crippen molar-refractivity contribution >= 4 is 59.6 Å². The zero-order valence-electron chi connectivity index (χ0n) is 18.6. The lowest BCUT2D eigenvalue weighted by atomic mass is 10.2. The lowest BCUT2D eigenvalue weighted by Gasteiger charge is -2.11. The van der Waals surface area contributed by atoms with E-state index in [9.17, 15) is 0 Å². The van der Waals surface area contributed by atoms with Crippen LogP contribution in [-0.2, 0) is 0 Å². The number of benzene rings is 1. The van der Waals surface area contributed by atoms with Crippen molar-refractivity contribution in [1.82, 2.24) is 20.3 Å². The quantitative estimate of drug-likeness (QED) is 0.177. The SMILES string of the molecule is COc1ccc2nc(C=Cc3ccccn3)nc(NCCCCCCNC(=N)N)c2c1.Cl.Cl. The molecule has 10 heteroatoms. The third-order valence-electron chi connectivity index (χ3n) is 4.72. The van der Waals surface area contributed by atoms with Gasteiger partial charge in [-0.15, -0.1) is 24.8 Å². The van der Waals surface area contributed by atoms with Crippen LogP contribution in [0.2, 0.25) is 0 Å². The van der Waals surface area contributed by atoms with Gasteiger partial charge in [-0.25, -0.2) is 9.97 Å². The second kappa shape index (κ2) is 14.9. The van der Waals surface area contributed by atoms with Crippen LogP contribution in [0.15, 0.2) is 42.6 Å². The van der Waals surface area contributed by atoms with E-state index >= 15 is 0 Å². The van der Waals surface area contributed by atoms with Gasteiger partial charge in [0.1, 0.15) is 11.6 Å². The lowest BCUT2D eigenvalue weighted by Crippen LogP contribution is -2.30. The summed E-state index contributed by atoms with van der Waals surface area (Å²) in [5.41, 5.74) is 7.00. The molecule has 0 saturated carbocycles. The number of hydrogen-bond donors (Lipinski definition) is 4. The minimum absolute atomic E-state index is 0. The number of hydrogen-bond acceptors (Lipinski definition) is 6. The van der Waals surface area contributed by atoms with E-state index in [1.165, 1.54) is 0 Å². The van der Waals surface area contributed by atoms with Crippen LogP contribution in [-0.4, -0.2) is 41.1 Å². The lowest BCUT2D eigenvalue weighted by molar-refractivity contribution is 0.415. The van der Waals surface area contributed by atoms with E-state index in [0.717, 1.165) is 66.9 Å². The van der Waals surface area contributed by atoms with E-state index in [2.05, 4.69) is 20.6 Å². The van der Waals surface area contributed by atoms with Gasteiger partial charge in [-0.2, -0.15) is 0 Å². The van der Waals surface area contributed by atoms with Gasteiger partial charge in [0, 0.05) is 24.7 Å². The Morgan fingerprint density at radius 2 is 1.82 bits per heavy atom. The van der Waals surface area contributed by atoms with E-state index < -0.39 is 0 Å². The number of methoxy groups -OCH3 is 1. The average molecular weight is 492 g/mol. The van der Waals surface area contributed by atoms with Gasteiger partial charge in [0.15, 0.2) is 11.8 Å². The maximum absolute atomic E-state index is 7.15. The maximum atomic E-state index is 7.15. The van der Waals surface area contributed by atoms with Crippen LogP contribution in [0.4, 0.5) is 5.82 Å². The van der Waals surface area contributed by atoms with Crippen molar-refractivity contribution in [2.45, 2.75) is 25.7 Å². The van der Waals surface area contributed by atoms with Gasteiger partial charge in [0.25, 0.3) is 0 Å². The van der Waals surface area contributed by atoms with Gasteiger partial charge in [0.2, 0.25) is 0 Å². The Morgan fingerprint density at radius 3 is 2.52 bits per heavy atom. The third-order valence-corrected chi connectivity index (χ3v) is 4.72. The van der Waals surface area contributed by atoms with Gasteiger partial charge in [-0.3, -0.25) is 10.4 Å². The molecule has 0 fully saturated rings. The normalized spacial score (nSPS) is 10.3. The Kier molecular flexibility index (Phi) is 12.6. The molecule has 2 aromatic heterocycles. The fourth-order valence-corrected chi connectivity index (χ4v) is 3.13. The largest absolute Gasteiger partial charge is 0.497 e. The molecule has 8 nitrogen and oxygen atoms in total. The van der Waals surface area contributed by atoms with Gasteiger partial charge in [-0.05, 0) is 55.3 Å². The predicted molar refractivity (Wildman–Crippen MR) is 141 cm³/mol. The summed E-state index contributed by atoms with van der Waals surface area (Å²) in [5.74, 6) is 2.22. The molecule has 0 amide bonds. The summed E-state index contributed by atoms with van der Waals surface area (Å²) in [6.07, 6.45) is 9.73. The molecule has 0 bridgehead atoms. The summed E-state index contributed by atoms with van der Waals surface area (Å²) >= 11 is 0. The first-order valence-electron chi connectivity index (χ1n) is 10.4. The molecule has 5 N–H and O–H groups in total. The van der Waals surface area contributed by atoms with Crippen LogP contribution >= 0.6 is 24.8 Å². The highest BCUT2D eigenvalue weighted by atomic mass is 35.5. The van der Waals surface area contributed by atoms with E-state index in [1.807, 2.05) is 48.6 Å². The monoisotopic (exact) mass is 491 g/mol. The topological polar surface area (TPSA) is 122 Å². The molecule has 1 aromatic carbocycles. The van der Waals surface area contributed by atoms with Crippen LogP contribution in [0.25, 0.3) is 23.1 Å². The smallest absolute Gasteiger partial charge is 0.185 e. The average Bonchev–Trinajstić information content (AvgIpc) is 2.79. The number of unbranched alkanes of at least 4 members (excludes halogenated alkanes) is 3. The second-order valence-corrected chi connectivity index (χ2v) is 7.08. The van der Waals surface area contributed by atoms with Crippen molar-refractivity contribution in [2.24, 2.45) is 5.73 Å². The Balaban J connectivity index is 0.00000272. The molecule has 0 spiro atoms. The second-order valence-electron chi connectivity index (χ2n) is 7.08. The minimum Gasteiger partial charge on any atom is -0.497 e. The zero-order valence-corrected chi connectivity index (χ0v) is 20.2. The predicted octanol–water partition coefficient (Wildman–Crippen LogP) is 4.50. The number of rotatable bonds is 11. The van der Waals surface area contributed by atoms with Crippen LogP contribution < -0.4 is 21.1 Å². The fraction of sp³-hybridized carbons (Fsp3) is 0.304. The number of guanidine groups is 1. The summed E-state index contributed by atoms with van der Waals surface area (Å²) < 4.78 is 5.37. The van der Waals surface area contributed by atoms with Crippen molar-refractivity contribution in [3.05, 3.63) is 54.1 Å². The van der Waals surface area contributed by atoms with E-state index in [0.29, 0.717) is 5.82 Å². The number of aromatic nitrogens is 3. The summed E-state index contributed by atoms with van der Waals surface area (Å²) in [6, 6.07) is 11.6. The summed E-state index contributed by atoms with van der Waals surface area (Å²) in [6.45, 7) is 1.55.